The van der Waals surface area contributed by atoms with Gasteiger partial charge in [0.1, 0.15) is 5.82 Å². The fourth-order valence-electron chi connectivity index (χ4n) is 1.56. The zero-order valence-corrected chi connectivity index (χ0v) is 12.2. The van der Waals surface area contributed by atoms with Crippen molar-refractivity contribution in [1.29, 1.82) is 0 Å². The Kier molecular flexibility index (Phi) is 6.49. The Hall–Kier alpha value is -2.11. The molecule has 0 aliphatic carbocycles. The Labute approximate surface area is 119 Å². The topological polar surface area (TPSA) is 83.1 Å². The quantitative estimate of drug-likeness (QED) is 0.699. The van der Waals surface area contributed by atoms with Crippen molar-refractivity contribution in [2.45, 2.75) is 33.2 Å². The number of nitrogens with zero attached hydrogens (tertiary/aromatic N) is 1. The smallest absolute Gasteiger partial charge is 0.251 e. The Morgan fingerprint density at radius 3 is 2.75 bits per heavy atom. The summed E-state index contributed by atoms with van der Waals surface area (Å²) in [6, 6.07) is 3.35. The van der Waals surface area contributed by atoms with Crippen LogP contribution in [0.2, 0.25) is 0 Å². The van der Waals surface area contributed by atoms with Gasteiger partial charge in [0.15, 0.2) is 0 Å². The average molecular weight is 278 g/mol. The van der Waals surface area contributed by atoms with E-state index < -0.39 is 0 Å². The maximum absolute atomic E-state index is 11.9. The van der Waals surface area contributed by atoms with E-state index in [-0.39, 0.29) is 24.4 Å². The van der Waals surface area contributed by atoms with Crippen LogP contribution in [0.4, 0.5) is 5.82 Å². The summed E-state index contributed by atoms with van der Waals surface area (Å²) in [5.74, 6) is 0.170. The first-order chi connectivity index (χ1) is 9.52. The summed E-state index contributed by atoms with van der Waals surface area (Å²) in [5, 5.41) is 8.40. The van der Waals surface area contributed by atoms with E-state index in [0.29, 0.717) is 11.4 Å². The average Bonchev–Trinajstić information content (AvgIpc) is 2.42. The van der Waals surface area contributed by atoms with E-state index in [4.69, 9.17) is 0 Å². The fraction of sp³-hybridized carbons (Fsp3) is 0.500. The molecule has 3 N–H and O–H groups in total. The van der Waals surface area contributed by atoms with Gasteiger partial charge in [0.25, 0.3) is 5.91 Å². The Morgan fingerprint density at radius 2 is 2.10 bits per heavy atom. The molecule has 110 valence electrons. The second-order valence-electron chi connectivity index (χ2n) is 4.76. The van der Waals surface area contributed by atoms with Gasteiger partial charge in [0, 0.05) is 24.3 Å². The third-order valence-corrected chi connectivity index (χ3v) is 2.44. The van der Waals surface area contributed by atoms with Gasteiger partial charge in [-0.3, -0.25) is 9.59 Å². The van der Waals surface area contributed by atoms with Crippen molar-refractivity contribution < 1.29 is 9.59 Å². The summed E-state index contributed by atoms with van der Waals surface area (Å²) in [4.78, 5) is 27.5. The summed E-state index contributed by atoms with van der Waals surface area (Å²) < 4.78 is 0. The number of carbonyl (C=O) groups excluding carboxylic acids is 2. The summed E-state index contributed by atoms with van der Waals surface area (Å²) in [6.07, 6.45) is 2.55. The van der Waals surface area contributed by atoms with E-state index in [1.165, 1.54) is 0 Å². The molecule has 0 saturated carbocycles. The highest BCUT2D eigenvalue weighted by Crippen LogP contribution is 2.06. The summed E-state index contributed by atoms with van der Waals surface area (Å²) in [6.45, 7) is 6.56. The maximum Gasteiger partial charge on any atom is 0.251 e. The molecule has 0 radical (unpaired) electrons. The summed E-state index contributed by atoms with van der Waals surface area (Å²) >= 11 is 0. The van der Waals surface area contributed by atoms with Crippen molar-refractivity contribution in [2.24, 2.45) is 0 Å². The van der Waals surface area contributed by atoms with Crippen LogP contribution in [0.25, 0.3) is 0 Å². The van der Waals surface area contributed by atoms with Gasteiger partial charge in [0.2, 0.25) is 5.91 Å². The predicted molar refractivity (Wildman–Crippen MR) is 78.6 cm³/mol. The van der Waals surface area contributed by atoms with Gasteiger partial charge in [-0.2, -0.15) is 0 Å². The zero-order valence-electron chi connectivity index (χ0n) is 12.2. The molecule has 6 heteroatoms. The van der Waals surface area contributed by atoms with E-state index in [9.17, 15) is 9.59 Å². The molecule has 20 heavy (non-hydrogen) atoms. The monoisotopic (exact) mass is 278 g/mol. The minimum Gasteiger partial charge on any atom is -0.370 e. The molecule has 0 atom stereocenters. The van der Waals surface area contributed by atoms with Crippen LogP contribution in [-0.2, 0) is 4.79 Å². The molecule has 0 unspecified atom stereocenters. The van der Waals surface area contributed by atoms with Crippen LogP contribution < -0.4 is 16.0 Å². The molecular formula is C14H22N4O2. The molecule has 0 aliphatic heterocycles. The molecule has 1 heterocycles. The second kappa shape index (κ2) is 8.14. The molecule has 0 spiro atoms. The van der Waals surface area contributed by atoms with Gasteiger partial charge < -0.3 is 16.0 Å². The lowest BCUT2D eigenvalue weighted by atomic mass is 10.2. The van der Waals surface area contributed by atoms with Crippen LogP contribution in [0.3, 0.4) is 0 Å². The van der Waals surface area contributed by atoms with Crippen molar-refractivity contribution in [3.63, 3.8) is 0 Å². The SMILES string of the molecule is CCCNc1cc(C(=O)NCC(=O)NC(C)C)ccn1. The minimum atomic E-state index is -0.286. The molecule has 6 nitrogen and oxygen atoms in total. The lowest BCUT2D eigenvalue weighted by Crippen LogP contribution is -2.39. The number of hydrogen-bond acceptors (Lipinski definition) is 4. The molecule has 0 fully saturated rings. The van der Waals surface area contributed by atoms with Crippen molar-refractivity contribution in [2.75, 3.05) is 18.4 Å². The number of nitrogens with one attached hydrogen (secondary N) is 3. The lowest BCUT2D eigenvalue weighted by Gasteiger charge is -2.10. The first kappa shape index (κ1) is 15.9. The number of carbonyl (C=O) groups is 2. The third-order valence-electron chi connectivity index (χ3n) is 2.44. The zero-order chi connectivity index (χ0) is 15.0. The molecule has 0 bridgehead atoms. The van der Waals surface area contributed by atoms with Crippen molar-refractivity contribution in [1.82, 2.24) is 15.6 Å². The van der Waals surface area contributed by atoms with Crippen LogP contribution in [-0.4, -0.2) is 35.9 Å². The van der Waals surface area contributed by atoms with Gasteiger partial charge in [-0.25, -0.2) is 4.98 Å². The molecule has 1 aromatic heterocycles. The van der Waals surface area contributed by atoms with Crippen molar-refractivity contribution in [3.05, 3.63) is 23.9 Å². The van der Waals surface area contributed by atoms with Crippen LogP contribution >= 0.6 is 0 Å². The third kappa shape index (κ3) is 5.69. The molecule has 0 aliphatic rings. The molecule has 1 aromatic rings. The van der Waals surface area contributed by atoms with E-state index in [2.05, 4.69) is 27.9 Å². The highest BCUT2D eigenvalue weighted by atomic mass is 16.2. The predicted octanol–water partition coefficient (Wildman–Crippen LogP) is 1.16. The van der Waals surface area contributed by atoms with E-state index in [0.717, 1.165) is 13.0 Å². The fourth-order valence-corrected chi connectivity index (χ4v) is 1.56. The standard InChI is InChI=1S/C14H22N4O2/c1-4-6-15-12-8-11(5-7-16-12)14(20)17-9-13(19)18-10(2)3/h5,7-8,10H,4,6,9H2,1-3H3,(H,15,16)(H,17,20)(H,18,19). The van der Waals surface area contributed by atoms with Crippen LogP contribution in [0.15, 0.2) is 18.3 Å². The molecule has 0 aromatic carbocycles. The maximum atomic E-state index is 11.9. The Morgan fingerprint density at radius 1 is 1.35 bits per heavy atom. The lowest BCUT2D eigenvalue weighted by molar-refractivity contribution is -0.120. The molecule has 2 amide bonds. The van der Waals surface area contributed by atoms with Crippen molar-refractivity contribution in [3.8, 4) is 0 Å². The highest BCUT2D eigenvalue weighted by Gasteiger charge is 2.09. The summed E-state index contributed by atoms with van der Waals surface area (Å²) in [5.41, 5.74) is 0.482. The Bertz CT molecular complexity index is 460. The van der Waals surface area contributed by atoms with Crippen LogP contribution in [0, 0.1) is 0 Å². The first-order valence-corrected chi connectivity index (χ1v) is 6.80. The van der Waals surface area contributed by atoms with Gasteiger partial charge in [-0.15, -0.1) is 0 Å². The summed E-state index contributed by atoms with van der Waals surface area (Å²) in [7, 11) is 0. The van der Waals surface area contributed by atoms with Gasteiger partial charge in [-0.1, -0.05) is 6.92 Å². The van der Waals surface area contributed by atoms with E-state index in [1.54, 1.807) is 18.3 Å². The number of aromatic nitrogens is 1. The van der Waals surface area contributed by atoms with E-state index >= 15 is 0 Å². The number of anilines is 1. The highest BCUT2D eigenvalue weighted by molar-refractivity contribution is 5.96. The Balaban J connectivity index is 2.52. The molecular weight excluding hydrogens is 256 g/mol. The van der Waals surface area contributed by atoms with Gasteiger partial charge in [0.05, 0.1) is 6.54 Å². The number of hydrogen-bond donors (Lipinski definition) is 3. The van der Waals surface area contributed by atoms with Crippen LogP contribution in [0.1, 0.15) is 37.6 Å². The first-order valence-electron chi connectivity index (χ1n) is 6.80. The van der Waals surface area contributed by atoms with Gasteiger partial charge >= 0.3 is 0 Å². The van der Waals surface area contributed by atoms with Crippen LogP contribution in [0.5, 0.6) is 0 Å². The normalized spacial score (nSPS) is 10.2. The number of rotatable bonds is 7. The van der Waals surface area contributed by atoms with E-state index in [1.807, 2.05) is 13.8 Å². The minimum absolute atomic E-state index is 0.0307. The molecule has 0 saturated heterocycles. The largest absolute Gasteiger partial charge is 0.370 e. The number of pyridine rings is 1. The second-order valence-corrected chi connectivity index (χ2v) is 4.76. The number of amides is 2. The molecule has 1 rings (SSSR count). The van der Waals surface area contributed by atoms with Gasteiger partial charge in [-0.05, 0) is 32.4 Å². The van der Waals surface area contributed by atoms with Crippen molar-refractivity contribution >= 4 is 17.6 Å².